The zero-order valence-corrected chi connectivity index (χ0v) is 12.6. The highest BCUT2D eigenvalue weighted by Gasteiger charge is 2.07. The molecule has 0 spiro atoms. The van der Waals surface area contributed by atoms with E-state index in [2.05, 4.69) is 35.3 Å². The van der Waals surface area contributed by atoms with E-state index in [0.717, 1.165) is 42.1 Å². The zero-order valence-electron chi connectivity index (χ0n) is 11.8. The molecule has 104 valence electrons. The Morgan fingerprint density at radius 2 is 2.26 bits per heavy atom. The van der Waals surface area contributed by atoms with Crippen LogP contribution in [0.3, 0.4) is 0 Å². The molecule has 19 heavy (non-hydrogen) atoms. The second kappa shape index (κ2) is 6.30. The second-order valence-corrected chi connectivity index (χ2v) is 5.62. The van der Waals surface area contributed by atoms with Crippen molar-refractivity contribution in [1.82, 2.24) is 14.5 Å². The Labute approximate surface area is 118 Å². The normalized spacial score (nSPS) is 11.6. The van der Waals surface area contributed by atoms with Gasteiger partial charge in [-0.3, -0.25) is 0 Å². The lowest BCUT2D eigenvalue weighted by atomic mass is 10.2. The summed E-state index contributed by atoms with van der Waals surface area (Å²) in [6, 6.07) is 1.99. The Bertz CT molecular complexity index is 600. The lowest BCUT2D eigenvalue weighted by molar-refractivity contribution is 0.105. The molecule has 5 heteroatoms. The van der Waals surface area contributed by atoms with Crippen LogP contribution in [-0.2, 0) is 11.3 Å². The fourth-order valence-corrected chi connectivity index (χ4v) is 2.30. The standard InChI is InChI=1S/C14H21N3OS/c1-10(2)9-18-8-4-7-17-13-12(16-14(17)19)11(3)5-6-15-13/h5-6,10H,4,7-9H2,1-3H3,(H,16,19). The molecular formula is C14H21N3OS. The number of aryl methyl sites for hydroxylation is 2. The van der Waals surface area contributed by atoms with E-state index in [9.17, 15) is 0 Å². The van der Waals surface area contributed by atoms with Gasteiger partial charge in [-0.1, -0.05) is 13.8 Å². The molecule has 4 nitrogen and oxygen atoms in total. The molecule has 0 aromatic carbocycles. The summed E-state index contributed by atoms with van der Waals surface area (Å²) < 4.78 is 8.38. The number of hydrogen-bond acceptors (Lipinski definition) is 3. The van der Waals surface area contributed by atoms with Gasteiger partial charge in [-0.15, -0.1) is 0 Å². The molecule has 0 atom stereocenters. The molecule has 0 fully saturated rings. The monoisotopic (exact) mass is 279 g/mol. The smallest absolute Gasteiger partial charge is 0.179 e. The molecule has 0 amide bonds. The molecule has 0 saturated heterocycles. The first-order valence-electron chi connectivity index (χ1n) is 6.71. The van der Waals surface area contributed by atoms with Crippen molar-refractivity contribution in [3.05, 3.63) is 22.6 Å². The Hall–Kier alpha value is -1.20. The number of fused-ring (bicyclic) bond motifs is 1. The van der Waals surface area contributed by atoms with Gasteiger partial charge in [0, 0.05) is 26.0 Å². The molecule has 0 aliphatic carbocycles. The summed E-state index contributed by atoms with van der Waals surface area (Å²) in [7, 11) is 0. The van der Waals surface area contributed by atoms with Gasteiger partial charge >= 0.3 is 0 Å². The molecular weight excluding hydrogens is 258 g/mol. The first kappa shape index (κ1) is 14.2. The van der Waals surface area contributed by atoms with Gasteiger partial charge < -0.3 is 14.3 Å². The van der Waals surface area contributed by atoms with Crippen molar-refractivity contribution in [3.63, 3.8) is 0 Å². The van der Waals surface area contributed by atoms with Gasteiger partial charge in [0.1, 0.15) is 0 Å². The highest BCUT2D eigenvalue weighted by Crippen LogP contribution is 2.15. The van der Waals surface area contributed by atoms with Gasteiger partial charge in [-0.2, -0.15) is 0 Å². The molecule has 0 radical (unpaired) electrons. The number of hydrogen-bond donors (Lipinski definition) is 1. The Balaban J connectivity index is 2.03. The lowest BCUT2D eigenvalue weighted by Crippen LogP contribution is -2.07. The maximum absolute atomic E-state index is 5.59. The number of rotatable bonds is 6. The minimum absolute atomic E-state index is 0.583. The molecule has 0 aliphatic rings. The van der Waals surface area contributed by atoms with Crippen molar-refractivity contribution < 1.29 is 4.74 Å². The molecule has 0 bridgehead atoms. The van der Waals surface area contributed by atoms with Crippen LogP contribution in [0.4, 0.5) is 0 Å². The van der Waals surface area contributed by atoms with Gasteiger partial charge in [0.2, 0.25) is 0 Å². The zero-order chi connectivity index (χ0) is 13.8. The number of H-pyrrole nitrogens is 1. The largest absolute Gasteiger partial charge is 0.381 e. The minimum Gasteiger partial charge on any atom is -0.381 e. The van der Waals surface area contributed by atoms with E-state index in [1.165, 1.54) is 5.56 Å². The van der Waals surface area contributed by atoms with Gasteiger partial charge in [0.05, 0.1) is 5.52 Å². The molecule has 0 aliphatic heterocycles. The third-order valence-electron chi connectivity index (χ3n) is 2.99. The SMILES string of the molecule is Cc1ccnc2c1[nH]c(=S)n2CCCOCC(C)C. The summed E-state index contributed by atoms with van der Waals surface area (Å²) in [5.74, 6) is 0.583. The van der Waals surface area contributed by atoms with Crippen LogP contribution in [0.25, 0.3) is 11.2 Å². The van der Waals surface area contributed by atoms with Crippen LogP contribution in [0.15, 0.2) is 12.3 Å². The third-order valence-corrected chi connectivity index (χ3v) is 3.32. The molecule has 0 saturated carbocycles. The van der Waals surface area contributed by atoms with Crippen molar-refractivity contribution in [2.75, 3.05) is 13.2 Å². The summed E-state index contributed by atoms with van der Waals surface area (Å²) in [6.45, 7) is 8.79. The van der Waals surface area contributed by atoms with E-state index in [0.29, 0.717) is 5.92 Å². The van der Waals surface area contributed by atoms with Crippen molar-refractivity contribution in [2.24, 2.45) is 5.92 Å². The van der Waals surface area contributed by atoms with Gasteiger partial charge in [0.15, 0.2) is 10.4 Å². The quantitative estimate of drug-likeness (QED) is 0.650. The maximum Gasteiger partial charge on any atom is 0.179 e. The summed E-state index contributed by atoms with van der Waals surface area (Å²) >= 11 is 5.36. The van der Waals surface area contributed by atoms with Crippen molar-refractivity contribution in [3.8, 4) is 0 Å². The average Bonchev–Trinajstić information content (AvgIpc) is 2.67. The van der Waals surface area contributed by atoms with E-state index in [1.807, 2.05) is 12.3 Å². The van der Waals surface area contributed by atoms with Crippen LogP contribution >= 0.6 is 12.2 Å². The number of nitrogens with one attached hydrogen (secondary N) is 1. The fourth-order valence-electron chi connectivity index (χ4n) is 2.02. The molecule has 2 heterocycles. The molecule has 2 aromatic rings. The second-order valence-electron chi connectivity index (χ2n) is 5.23. The predicted molar refractivity (Wildman–Crippen MR) is 79.9 cm³/mol. The van der Waals surface area contributed by atoms with Crippen LogP contribution in [0, 0.1) is 17.6 Å². The number of ether oxygens (including phenoxy) is 1. The van der Waals surface area contributed by atoms with Crippen LogP contribution in [0.1, 0.15) is 25.8 Å². The van der Waals surface area contributed by atoms with Crippen LogP contribution in [-0.4, -0.2) is 27.7 Å². The topological polar surface area (TPSA) is 42.8 Å². The number of pyridine rings is 1. The number of aromatic nitrogens is 3. The van der Waals surface area contributed by atoms with E-state index < -0.39 is 0 Å². The Morgan fingerprint density at radius 1 is 1.47 bits per heavy atom. The Morgan fingerprint density at radius 3 is 3.00 bits per heavy atom. The summed E-state index contributed by atoms with van der Waals surface area (Å²) in [4.78, 5) is 7.64. The van der Waals surface area contributed by atoms with E-state index in [1.54, 1.807) is 0 Å². The number of aromatic amines is 1. The number of imidazole rings is 1. The van der Waals surface area contributed by atoms with Gasteiger partial charge in [-0.25, -0.2) is 4.98 Å². The van der Waals surface area contributed by atoms with Crippen LogP contribution in [0.5, 0.6) is 0 Å². The van der Waals surface area contributed by atoms with Crippen molar-refractivity contribution in [1.29, 1.82) is 0 Å². The highest BCUT2D eigenvalue weighted by atomic mass is 32.1. The first-order valence-corrected chi connectivity index (χ1v) is 7.12. The van der Waals surface area contributed by atoms with Crippen molar-refractivity contribution in [2.45, 2.75) is 33.7 Å². The average molecular weight is 279 g/mol. The van der Waals surface area contributed by atoms with Gasteiger partial charge in [0.25, 0.3) is 0 Å². The minimum atomic E-state index is 0.583. The molecule has 0 unspecified atom stereocenters. The summed E-state index contributed by atoms with van der Waals surface area (Å²) in [6.07, 6.45) is 2.77. The summed E-state index contributed by atoms with van der Waals surface area (Å²) in [5.41, 5.74) is 3.15. The van der Waals surface area contributed by atoms with E-state index in [4.69, 9.17) is 17.0 Å². The van der Waals surface area contributed by atoms with Crippen LogP contribution < -0.4 is 0 Å². The highest BCUT2D eigenvalue weighted by molar-refractivity contribution is 7.71. The maximum atomic E-state index is 5.59. The van der Waals surface area contributed by atoms with Crippen molar-refractivity contribution >= 4 is 23.4 Å². The first-order chi connectivity index (χ1) is 9.09. The molecule has 2 rings (SSSR count). The summed E-state index contributed by atoms with van der Waals surface area (Å²) in [5, 5.41) is 0. The van der Waals surface area contributed by atoms with E-state index in [-0.39, 0.29) is 0 Å². The molecule has 2 aromatic heterocycles. The lowest BCUT2D eigenvalue weighted by Gasteiger charge is -2.07. The van der Waals surface area contributed by atoms with E-state index >= 15 is 0 Å². The van der Waals surface area contributed by atoms with Gasteiger partial charge in [-0.05, 0) is 43.1 Å². The molecule has 1 N–H and O–H groups in total. The Kier molecular flexibility index (Phi) is 4.71. The third kappa shape index (κ3) is 3.42. The van der Waals surface area contributed by atoms with Crippen LogP contribution in [0.2, 0.25) is 0 Å². The fraction of sp³-hybridized carbons (Fsp3) is 0.571. The predicted octanol–water partition coefficient (Wildman–Crippen LogP) is 3.47. The number of nitrogens with zero attached hydrogens (tertiary/aromatic N) is 2.